The Hall–Kier alpha value is -3.27. The highest BCUT2D eigenvalue weighted by molar-refractivity contribution is 5.95. The highest BCUT2D eigenvalue weighted by Gasteiger charge is 2.11. The third-order valence-electron chi connectivity index (χ3n) is 4.03. The lowest BCUT2D eigenvalue weighted by Gasteiger charge is -2.12. The molecule has 0 radical (unpaired) electrons. The fourth-order valence-corrected chi connectivity index (χ4v) is 2.74. The number of rotatable bonds is 6. The first-order valence-electron chi connectivity index (χ1n) is 8.14. The van der Waals surface area contributed by atoms with Gasteiger partial charge in [-0.15, -0.1) is 0 Å². The standard InChI is InChI=1S/C21H20N2O2/c22-17-7-4-8-18(14-17)23-20-13-16(11-12-19(20)21(24)25)10-9-15-5-2-1-3-6-15/h1-8,11-14,23H,9-10,22H2,(H,24,25). The maximum Gasteiger partial charge on any atom is 0.337 e. The van der Waals surface area contributed by atoms with Crippen LogP contribution in [0.2, 0.25) is 0 Å². The molecule has 0 saturated heterocycles. The van der Waals surface area contributed by atoms with Crippen molar-refractivity contribution in [2.45, 2.75) is 12.8 Å². The maximum absolute atomic E-state index is 11.5. The van der Waals surface area contributed by atoms with Crippen LogP contribution >= 0.6 is 0 Å². The van der Waals surface area contributed by atoms with E-state index >= 15 is 0 Å². The third kappa shape index (κ3) is 4.38. The van der Waals surface area contributed by atoms with E-state index < -0.39 is 5.97 Å². The minimum absolute atomic E-state index is 0.242. The molecule has 0 unspecified atom stereocenters. The number of nitrogen functional groups attached to an aromatic ring is 1. The van der Waals surface area contributed by atoms with E-state index in [0.29, 0.717) is 11.4 Å². The Bertz CT molecular complexity index is 876. The Kier molecular flexibility index (Phi) is 5.00. The summed E-state index contributed by atoms with van der Waals surface area (Å²) in [5, 5.41) is 12.6. The minimum atomic E-state index is -0.957. The number of hydrogen-bond acceptors (Lipinski definition) is 3. The molecule has 0 spiro atoms. The summed E-state index contributed by atoms with van der Waals surface area (Å²) in [6, 6.07) is 22.9. The number of benzene rings is 3. The molecule has 0 aliphatic rings. The molecule has 0 bridgehead atoms. The average Bonchev–Trinajstić information content (AvgIpc) is 2.61. The number of anilines is 3. The first kappa shape index (κ1) is 16.6. The zero-order valence-electron chi connectivity index (χ0n) is 13.8. The van der Waals surface area contributed by atoms with Crippen LogP contribution in [0.25, 0.3) is 0 Å². The average molecular weight is 332 g/mol. The zero-order chi connectivity index (χ0) is 17.6. The van der Waals surface area contributed by atoms with Crippen molar-refractivity contribution in [1.29, 1.82) is 0 Å². The monoisotopic (exact) mass is 332 g/mol. The number of carboxylic acid groups (broad SMARTS) is 1. The molecule has 3 aromatic rings. The normalized spacial score (nSPS) is 10.4. The highest BCUT2D eigenvalue weighted by Crippen LogP contribution is 2.24. The Balaban J connectivity index is 1.83. The summed E-state index contributed by atoms with van der Waals surface area (Å²) >= 11 is 0. The second kappa shape index (κ2) is 7.53. The summed E-state index contributed by atoms with van der Waals surface area (Å²) < 4.78 is 0. The van der Waals surface area contributed by atoms with E-state index in [0.717, 1.165) is 24.1 Å². The van der Waals surface area contributed by atoms with Gasteiger partial charge in [0.2, 0.25) is 0 Å². The molecular weight excluding hydrogens is 312 g/mol. The van der Waals surface area contributed by atoms with Gasteiger partial charge in [-0.1, -0.05) is 42.5 Å². The van der Waals surface area contributed by atoms with Crippen LogP contribution in [0.1, 0.15) is 21.5 Å². The third-order valence-corrected chi connectivity index (χ3v) is 4.03. The summed E-state index contributed by atoms with van der Waals surface area (Å²) in [5.74, 6) is -0.957. The SMILES string of the molecule is Nc1cccc(Nc2cc(CCc3ccccc3)ccc2C(=O)O)c1. The van der Waals surface area contributed by atoms with Crippen molar-refractivity contribution in [1.82, 2.24) is 0 Å². The van der Waals surface area contributed by atoms with Crippen LogP contribution in [0.15, 0.2) is 72.8 Å². The second-order valence-corrected chi connectivity index (χ2v) is 5.92. The predicted molar refractivity (Wildman–Crippen MR) is 101 cm³/mol. The van der Waals surface area contributed by atoms with Crippen molar-refractivity contribution in [3.63, 3.8) is 0 Å². The van der Waals surface area contributed by atoms with Crippen molar-refractivity contribution < 1.29 is 9.90 Å². The van der Waals surface area contributed by atoms with Gasteiger partial charge in [0.05, 0.1) is 11.3 Å². The zero-order valence-corrected chi connectivity index (χ0v) is 13.8. The minimum Gasteiger partial charge on any atom is -0.478 e. The molecule has 0 saturated carbocycles. The number of aryl methyl sites for hydroxylation is 2. The Morgan fingerprint density at radius 3 is 2.36 bits per heavy atom. The lowest BCUT2D eigenvalue weighted by molar-refractivity contribution is 0.0698. The van der Waals surface area contributed by atoms with Crippen molar-refractivity contribution in [3.8, 4) is 0 Å². The van der Waals surface area contributed by atoms with E-state index in [2.05, 4.69) is 17.4 Å². The quantitative estimate of drug-likeness (QED) is 0.581. The van der Waals surface area contributed by atoms with Gasteiger partial charge in [0, 0.05) is 11.4 Å². The fraction of sp³-hybridized carbons (Fsp3) is 0.0952. The van der Waals surface area contributed by atoms with Crippen LogP contribution in [0.3, 0.4) is 0 Å². The molecule has 0 fully saturated rings. The molecule has 3 aromatic carbocycles. The lowest BCUT2D eigenvalue weighted by atomic mass is 10.0. The Morgan fingerprint density at radius 1 is 0.880 bits per heavy atom. The summed E-state index contributed by atoms with van der Waals surface area (Å²) in [5.41, 5.74) is 10.3. The molecule has 0 aliphatic heterocycles. The largest absolute Gasteiger partial charge is 0.478 e. The number of hydrogen-bond donors (Lipinski definition) is 3. The van der Waals surface area contributed by atoms with Gasteiger partial charge in [0.1, 0.15) is 0 Å². The molecule has 3 rings (SSSR count). The maximum atomic E-state index is 11.5. The molecular formula is C21H20N2O2. The molecule has 4 N–H and O–H groups in total. The summed E-state index contributed by atoms with van der Waals surface area (Å²) in [6.07, 6.45) is 1.75. The van der Waals surface area contributed by atoms with E-state index in [-0.39, 0.29) is 5.56 Å². The molecule has 4 nitrogen and oxygen atoms in total. The molecule has 0 atom stereocenters. The topological polar surface area (TPSA) is 75.3 Å². The number of nitrogens with one attached hydrogen (secondary N) is 1. The van der Waals surface area contributed by atoms with E-state index in [1.807, 2.05) is 42.5 Å². The number of carbonyl (C=O) groups is 1. The van der Waals surface area contributed by atoms with Crippen LogP contribution < -0.4 is 11.1 Å². The first-order valence-corrected chi connectivity index (χ1v) is 8.14. The number of carboxylic acids is 1. The summed E-state index contributed by atoms with van der Waals surface area (Å²) in [7, 11) is 0. The molecule has 4 heteroatoms. The lowest BCUT2D eigenvalue weighted by Crippen LogP contribution is -2.04. The van der Waals surface area contributed by atoms with Gasteiger partial charge in [-0.05, 0) is 54.3 Å². The van der Waals surface area contributed by atoms with Crippen LogP contribution in [0.5, 0.6) is 0 Å². The van der Waals surface area contributed by atoms with Gasteiger partial charge in [-0.2, -0.15) is 0 Å². The van der Waals surface area contributed by atoms with Gasteiger partial charge < -0.3 is 16.2 Å². The Labute approximate surface area is 146 Å². The first-order chi connectivity index (χ1) is 12.1. The van der Waals surface area contributed by atoms with Gasteiger partial charge in [0.15, 0.2) is 0 Å². The van der Waals surface area contributed by atoms with Crippen molar-refractivity contribution in [3.05, 3.63) is 89.5 Å². The molecule has 0 heterocycles. The number of nitrogens with two attached hydrogens (primary N) is 1. The van der Waals surface area contributed by atoms with Gasteiger partial charge in [0.25, 0.3) is 0 Å². The van der Waals surface area contributed by atoms with Gasteiger partial charge >= 0.3 is 5.97 Å². The van der Waals surface area contributed by atoms with E-state index in [1.165, 1.54) is 5.56 Å². The highest BCUT2D eigenvalue weighted by atomic mass is 16.4. The van der Waals surface area contributed by atoms with Gasteiger partial charge in [-0.25, -0.2) is 4.79 Å². The second-order valence-electron chi connectivity index (χ2n) is 5.92. The fourth-order valence-electron chi connectivity index (χ4n) is 2.74. The van der Waals surface area contributed by atoms with Crippen LogP contribution in [-0.2, 0) is 12.8 Å². The molecule has 0 aromatic heterocycles. The number of aromatic carboxylic acids is 1. The van der Waals surface area contributed by atoms with Crippen molar-refractivity contribution >= 4 is 23.0 Å². The predicted octanol–water partition coefficient (Wildman–Crippen LogP) is 4.50. The smallest absolute Gasteiger partial charge is 0.337 e. The summed E-state index contributed by atoms with van der Waals surface area (Å²) in [6.45, 7) is 0. The van der Waals surface area contributed by atoms with E-state index in [4.69, 9.17) is 5.73 Å². The molecule has 0 aliphatic carbocycles. The van der Waals surface area contributed by atoms with Crippen LogP contribution in [-0.4, -0.2) is 11.1 Å². The van der Waals surface area contributed by atoms with Crippen LogP contribution in [0.4, 0.5) is 17.1 Å². The summed E-state index contributed by atoms with van der Waals surface area (Å²) in [4.78, 5) is 11.5. The van der Waals surface area contributed by atoms with E-state index in [9.17, 15) is 9.90 Å². The molecule has 0 amide bonds. The van der Waals surface area contributed by atoms with Crippen molar-refractivity contribution in [2.24, 2.45) is 0 Å². The van der Waals surface area contributed by atoms with E-state index in [1.54, 1.807) is 18.2 Å². The molecule has 126 valence electrons. The molecule has 25 heavy (non-hydrogen) atoms. The van der Waals surface area contributed by atoms with Gasteiger partial charge in [-0.3, -0.25) is 0 Å². The van der Waals surface area contributed by atoms with Crippen molar-refractivity contribution in [2.75, 3.05) is 11.1 Å². The van der Waals surface area contributed by atoms with Crippen LogP contribution in [0, 0.1) is 0 Å². The Morgan fingerprint density at radius 2 is 1.64 bits per heavy atom.